The zero-order chi connectivity index (χ0) is 16.6. The van der Waals surface area contributed by atoms with E-state index < -0.39 is 23.7 Å². The van der Waals surface area contributed by atoms with Crippen LogP contribution in [0.2, 0.25) is 0 Å². The quantitative estimate of drug-likeness (QED) is 0.643. The number of hydrogen-bond donors (Lipinski definition) is 1. The van der Waals surface area contributed by atoms with Crippen LogP contribution < -0.4 is 5.32 Å². The lowest BCUT2D eigenvalue weighted by molar-refractivity contribution is -0.142. The van der Waals surface area contributed by atoms with Crippen LogP contribution in [0.25, 0.3) is 0 Å². The molecule has 0 saturated heterocycles. The van der Waals surface area contributed by atoms with E-state index in [4.69, 9.17) is 21.1 Å². The number of halogens is 1. The van der Waals surface area contributed by atoms with Crippen molar-refractivity contribution < 1.29 is 19.1 Å². The van der Waals surface area contributed by atoms with Gasteiger partial charge >= 0.3 is 12.1 Å². The lowest BCUT2D eigenvalue weighted by Gasteiger charge is -2.23. The average molecular weight is 328 g/mol. The van der Waals surface area contributed by atoms with Crippen LogP contribution >= 0.6 is 11.6 Å². The standard InChI is InChI=1S/C16H22ClNO4/c1-16(2,3)22-15(20)18-13(10-14(19)21-11-17)9-12-7-5-4-6-8-12/h4-8,13H,9-11H2,1-3H3,(H,18,20)/t13-/m1/s1. The molecule has 1 N–H and O–H groups in total. The highest BCUT2D eigenvalue weighted by Crippen LogP contribution is 2.10. The SMILES string of the molecule is CC(C)(C)OC(=O)N[C@@H](CC(=O)OCCl)Cc1ccccc1. The van der Waals surface area contributed by atoms with Gasteiger partial charge in [0.2, 0.25) is 0 Å². The normalized spacial score (nSPS) is 12.4. The average Bonchev–Trinajstić information content (AvgIpc) is 2.37. The zero-order valence-electron chi connectivity index (χ0n) is 13.1. The molecule has 0 aliphatic rings. The Kier molecular flexibility index (Phi) is 7.18. The summed E-state index contributed by atoms with van der Waals surface area (Å²) in [4.78, 5) is 23.5. The minimum absolute atomic E-state index is 0.0286. The molecule has 22 heavy (non-hydrogen) atoms. The lowest BCUT2D eigenvalue weighted by Crippen LogP contribution is -2.41. The van der Waals surface area contributed by atoms with Gasteiger partial charge in [-0.15, -0.1) is 0 Å². The molecule has 0 aliphatic heterocycles. The first-order valence-electron chi connectivity index (χ1n) is 7.05. The summed E-state index contributed by atoms with van der Waals surface area (Å²) >= 11 is 5.38. The highest BCUT2D eigenvalue weighted by Gasteiger charge is 2.22. The molecule has 0 bridgehead atoms. The molecule has 0 spiro atoms. The Labute approximate surface area is 135 Å². The van der Waals surface area contributed by atoms with Gasteiger partial charge in [0, 0.05) is 6.04 Å². The predicted octanol–water partition coefficient (Wildman–Crippen LogP) is 3.25. The Morgan fingerprint density at radius 3 is 2.41 bits per heavy atom. The molecular weight excluding hydrogens is 306 g/mol. The number of carbonyl (C=O) groups excluding carboxylic acids is 2. The van der Waals surface area contributed by atoms with Gasteiger partial charge in [0.15, 0.2) is 6.07 Å². The molecular formula is C16H22ClNO4. The van der Waals surface area contributed by atoms with Crippen molar-refractivity contribution in [1.82, 2.24) is 5.32 Å². The minimum Gasteiger partial charge on any atom is -0.449 e. The summed E-state index contributed by atoms with van der Waals surface area (Å²) in [7, 11) is 0. The number of hydrogen-bond acceptors (Lipinski definition) is 4. The van der Waals surface area contributed by atoms with E-state index in [-0.39, 0.29) is 12.5 Å². The van der Waals surface area contributed by atoms with Gasteiger partial charge in [-0.25, -0.2) is 4.79 Å². The Balaban J connectivity index is 2.69. The third-order valence-corrected chi connectivity index (χ3v) is 2.78. The summed E-state index contributed by atoms with van der Waals surface area (Å²) in [5, 5.41) is 2.71. The van der Waals surface area contributed by atoms with Gasteiger partial charge in [-0.2, -0.15) is 0 Å². The summed E-state index contributed by atoms with van der Waals surface area (Å²) in [6.45, 7) is 5.33. The fourth-order valence-electron chi connectivity index (χ4n) is 1.87. The van der Waals surface area contributed by atoms with Gasteiger partial charge in [0.1, 0.15) is 5.60 Å². The van der Waals surface area contributed by atoms with Crippen LogP contribution in [0.5, 0.6) is 0 Å². The monoisotopic (exact) mass is 327 g/mol. The number of esters is 1. The molecule has 0 aliphatic carbocycles. The molecule has 122 valence electrons. The van der Waals surface area contributed by atoms with Crippen LogP contribution in [-0.4, -0.2) is 29.8 Å². The number of carbonyl (C=O) groups is 2. The van der Waals surface area contributed by atoms with Crippen molar-refractivity contribution in [3.05, 3.63) is 35.9 Å². The maximum absolute atomic E-state index is 11.9. The Morgan fingerprint density at radius 1 is 1.23 bits per heavy atom. The Hall–Kier alpha value is -1.75. The molecule has 0 unspecified atom stereocenters. The predicted molar refractivity (Wildman–Crippen MR) is 84.7 cm³/mol. The second kappa shape index (κ2) is 8.63. The number of ether oxygens (including phenoxy) is 2. The van der Waals surface area contributed by atoms with Gasteiger partial charge in [0.25, 0.3) is 0 Å². The molecule has 0 heterocycles. The zero-order valence-corrected chi connectivity index (χ0v) is 13.9. The van der Waals surface area contributed by atoms with Crippen molar-refractivity contribution in [2.24, 2.45) is 0 Å². The molecule has 1 atom stereocenters. The maximum atomic E-state index is 11.9. The van der Waals surface area contributed by atoms with Crippen molar-refractivity contribution in [2.75, 3.05) is 6.07 Å². The van der Waals surface area contributed by atoms with Crippen LogP contribution in [0, 0.1) is 0 Å². The molecule has 0 saturated carbocycles. The van der Waals surface area contributed by atoms with Crippen molar-refractivity contribution in [3.8, 4) is 0 Å². The number of nitrogens with one attached hydrogen (secondary N) is 1. The summed E-state index contributed by atoms with van der Waals surface area (Å²) in [5.74, 6) is -0.466. The highest BCUT2D eigenvalue weighted by molar-refractivity contribution is 6.17. The first-order valence-corrected chi connectivity index (χ1v) is 7.58. The first-order chi connectivity index (χ1) is 10.3. The molecule has 0 fully saturated rings. The van der Waals surface area contributed by atoms with Crippen LogP contribution in [0.15, 0.2) is 30.3 Å². The maximum Gasteiger partial charge on any atom is 0.407 e. The van der Waals surface area contributed by atoms with Crippen molar-refractivity contribution in [3.63, 3.8) is 0 Å². The van der Waals surface area contributed by atoms with Gasteiger partial charge in [-0.3, -0.25) is 4.79 Å². The molecule has 1 amide bonds. The number of amides is 1. The van der Waals surface area contributed by atoms with E-state index in [2.05, 4.69) is 5.32 Å². The third kappa shape index (κ3) is 7.88. The van der Waals surface area contributed by atoms with E-state index >= 15 is 0 Å². The van der Waals surface area contributed by atoms with Gasteiger partial charge in [-0.1, -0.05) is 41.9 Å². The van der Waals surface area contributed by atoms with Crippen molar-refractivity contribution in [1.29, 1.82) is 0 Å². The van der Waals surface area contributed by atoms with Crippen molar-refractivity contribution >= 4 is 23.7 Å². The van der Waals surface area contributed by atoms with Crippen molar-refractivity contribution in [2.45, 2.75) is 45.3 Å². The van der Waals surface area contributed by atoms with Crippen LogP contribution in [0.1, 0.15) is 32.8 Å². The number of alkyl halides is 1. The molecule has 1 aromatic rings. The second-order valence-corrected chi connectivity index (χ2v) is 6.08. The van der Waals surface area contributed by atoms with Gasteiger partial charge < -0.3 is 14.8 Å². The molecule has 1 rings (SSSR count). The lowest BCUT2D eigenvalue weighted by atomic mass is 10.0. The Morgan fingerprint density at radius 2 is 1.86 bits per heavy atom. The number of rotatable bonds is 6. The number of alkyl carbamates (subject to hydrolysis) is 1. The fraction of sp³-hybridized carbons (Fsp3) is 0.500. The highest BCUT2D eigenvalue weighted by atomic mass is 35.5. The van der Waals surface area contributed by atoms with E-state index in [0.717, 1.165) is 5.56 Å². The van der Waals surface area contributed by atoms with Gasteiger partial charge in [0.05, 0.1) is 6.42 Å². The smallest absolute Gasteiger partial charge is 0.407 e. The minimum atomic E-state index is -0.599. The molecule has 1 aromatic carbocycles. The first kappa shape index (κ1) is 18.3. The topological polar surface area (TPSA) is 64.6 Å². The second-order valence-electron chi connectivity index (χ2n) is 5.86. The summed E-state index contributed by atoms with van der Waals surface area (Å²) in [6, 6.07) is 8.93. The van der Waals surface area contributed by atoms with E-state index in [0.29, 0.717) is 6.42 Å². The van der Waals surface area contributed by atoms with E-state index in [1.807, 2.05) is 30.3 Å². The van der Waals surface area contributed by atoms with E-state index in [9.17, 15) is 9.59 Å². The molecule has 6 heteroatoms. The van der Waals surface area contributed by atoms with Gasteiger partial charge in [-0.05, 0) is 32.8 Å². The van der Waals surface area contributed by atoms with Crippen LogP contribution in [0.4, 0.5) is 4.79 Å². The molecule has 5 nitrogen and oxygen atoms in total. The third-order valence-electron chi connectivity index (χ3n) is 2.67. The fourth-order valence-corrected chi connectivity index (χ4v) is 1.99. The van der Waals surface area contributed by atoms with Crippen LogP contribution in [-0.2, 0) is 20.7 Å². The van der Waals surface area contributed by atoms with E-state index in [1.165, 1.54) is 0 Å². The largest absolute Gasteiger partial charge is 0.449 e. The Bertz CT molecular complexity index is 485. The number of benzene rings is 1. The summed E-state index contributed by atoms with van der Waals surface area (Å²) < 4.78 is 9.95. The van der Waals surface area contributed by atoms with E-state index in [1.54, 1.807) is 20.8 Å². The molecule has 0 aromatic heterocycles. The van der Waals surface area contributed by atoms with Crippen LogP contribution in [0.3, 0.4) is 0 Å². The molecule has 0 radical (unpaired) electrons. The summed E-state index contributed by atoms with van der Waals surface area (Å²) in [5.41, 5.74) is 0.403. The summed E-state index contributed by atoms with van der Waals surface area (Å²) in [6.07, 6.45) is -0.0367.